The van der Waals surface area contributed by atoms with Gasteiger partial charge in [-0.3, -0.25) is 9.35 Å². The fraction of sp³-hybridized carbons (Fsp3) is 0.722. The summed E-state index contributed by atoms with van der Waals surface area (Å²) < 4.78 is 35.5. The van der Waals surface area contributed by atoms with Crippen molar-refractivity contribution in [3.63, 3.8) is 0 Å². The fourth-order valence-corrected chi connectivity index (χ4v) is 6.24. The van der Waals surface area contributed by atoms with Crippen molar-refractivity contribution in [3.05, 3.63) is 23.3 Å². The Morgan fingerprint density at radius 3 is 2.79 bits per heavy atom. The van der Waals surface area contributed by atoms with Gasteiger partial charge in [0.15, 0.2) is 0 Å². The second kappa shape index (κ2) is 5.51. The summed E-state index contributed by atoms with van der Waals surface area (Å²) in [7, 11) is -4.42. The van der Waals surface area contributed by atoms with E-state index in [-0.39, 0.29) is 5.41 Å². The Morgan fingerprint density at radius 1 is 1.25 bits per heavy atom. The van der Waals surface area contributed by atoms with Gasteiger partial charge in [-0.1, -0.05) is 24.6 Å². The number of rotatable bonds is 2. The van der Waals surface area contributed by atoms with E-state index in [9.17, 15) is 13.2 Å². The molecule has 132 valence electrons. The number of hydrogen-bond acceptors (Lipinski definition) is 4. The predicted molar refractivity (Wildman–Crippen MR) is 88.5 cm³/mol. The lowest BCUT2D eigenvalue weighted by Gasteiger charge is -2.49. The third kappa shape index (κ3) is 2.59. The highest BCUT2D eigenvalue weighted by atomic mass is 32.3. The van der Waals surface area contributed by atoms with Gasteiger partial charge in [0.05, 0.1) is 0 Å². The number of carbonyl (C=O) groups is 1. The van der Waals surface area contributed by atoms with Crippen molar-refractivity contribution in [1.82, 2.24) is 0 Å². The maximum absolute atomic E-state index is 12.3. The van der Waals surface area contributed by atoms with Crippen LogP contribution < -0.4 is 0 Å². The topological polar surface area (TPSA) is 80.7 Å². The second-order valence-electron chi connectivity index (χ2n) is 8.02. The van der Waals surface area contributed by atoms with Crippen molar-refractivity contribution in [2.45, 2.75) is 58.0 Å². The number of fused-ring (bicyclic) bond motifs is 4. The number of allylic oxidation sites excluding steroid dienone is 2. The van der Waals surface area contributed by atoms with Gasteiger partial charge < -0.3 is 0 Å². The molecule has 5 atom stereocenters. The van der Waals surface area contributed by atoms with Crippen LogP contribution in [0.5, 0.6) is 0 Å². The summed E-state index contributed by atoms with van der Waals surface area (Å²) in [6.07, 6.45) is 9.47. The Balaban J connectivity index is 1.56. The van der Waals surface area contributed by atoms with Crippen LogP contribution >= 0.6 is 0 Å². The van der Waals surface area contributed by atoms with Crippen molar-refractivity contribution in [3.8, 4) is 0 Å². The molecule has 24 heavy (non-hydrogen) atoms. The van der Waals surface area contributed by atoms with E-state index in [2.05, 4.69) is 6.92 Å². The summed E-state index contributed by atoms with van der Waals surface area (Å²) in [5, 5.41) is 0. The Labute approximate surface area is 143 Å². The van der Waals surface area contributed by atoms with Crippen LogP contribution in [0.15, 0.2) is 23.3 Å². The van der Waals surface area contributed by atoms with Crippen molar-refractivity contribution in [1.29, 1.82) is 0 Å². The molecule has 2 saturated carbocycles. The molecule has 1 unspecified atom stereocenters. The zero-order chi connectivity index (χ0) is 17.1. The fourth-order valence-electron chi connectivity index (χ4n) is 5.80. The van der Waals surface area contributed by atoms with Crippen LogP contribution in [-0.4, -0.2) is 24.9 Å². The van der Waals surface area contributed by atoms with Crippen molar-refractivity contribution < 1.29 is 21.9 Å². The molecule has 0 aromatic heterocycles. The molecule has 4 rings (SSSR count). The van der Waals surface area contributed by atoms with Crippen LogP contribution in [0.4, 0.5) is 0 Å². The largest absolute Gasteiger partial charge is 0.397 e. The molecule has 4 aliphatic rings. The predicted octanol–water partition coefficient (Wildman–Crippen LogP) is 3.24. The highest BCUT2D eigenvalue weighted by Gasteiger charge is 2.54. The summed E-state index contributed by atoms with van der Waals surface area (Å²) in [4.78, 5) is 12.3. The average Bonchev–Trinajstić information content (AvgIpc) is 2.81. The van der Waals surface area contributed by atoms with Crippen LogP contribution in [0.2, 0.25) is 0 Å². The minimum atomic E-state index is -4.42. The number of ketones is 1. The molecule has 0 aromatic rings. The summed E-state index contributed by atoms with van der Waals surface area (Å²) in [6, 6.07) is 0. The van der Waals surface area contributed by atoms with E-state index in [0.717, 1.165) is 38.5 Å². The zero-order valence-corrected chi connectivity index (χ0v) is 14.7. The van der Waals surface area contributed by atoms with Gasteiger partial charge in [-0.05, 0) is 55.4 Å². The minimum absolute atomic E-state index is 0.117. The summed E-state index contributed by atoms with van der Waals surface area (Å²) >= 11 is 0. The van der Waals surface area contributed by atoms with Crippen LogP contribution in [-0.2, 0) is 19.4 Å². The highest BCUT2D eigenvalue weighted by Crippen LogP contribution is 2.59. The summed E-state index contributed by atoms with van der Waals surface area (Å²) in [5.41, 5.74) is 2.48. The lowest BCUT2D eigenvalue weighted by atomic mass is 9.55. The monoisotopic (exact) mass is 352 g/mol. The van der Waals surface area contributed by atoms with Gasteiger partial charge >= 0.3 is 10.4 Å². The Kier molecular flexibility index (Phi) is 3.79. The molecule has 5 nitrogen and oxygen atoms in total. The van der Waals surface area contributed by atoms with E-state index in [1.54, 1.807) is 6.08 Å². The Morgan fingerprint density at radius 2 is 2.04 bits per heavy atom. The first kappa shape index (κ1) is 16.5. The normalized spacial score (nSPS) is 41.8. The molecule has 0 heterocycles. The molecule has 0 saturated heterocycles. The van der Waals surface area contributed by atoms with Gasteiger partial charge in [0.25, 0.3) is 0 Å². The molecule has 4 aliphatic carbocycles. The van der Waals surface area contributed by atoms with Crippen LogP contribution in [0.1, 0.15) is 51.9 Å². The standard InChI is InChI=1S/C18H24O5S/c1-18-9-8-14-13-5-3-12(23-24(20,21)22)10-11(13)2-4-15(14)16(18)6-7-17(18)19/h3,5,12,14-16H,2,4,6-10H2,1H3,(H,20,21,22)/t12?,14-,15-,16+,18+/m1/s1. The molecule has 0 aliphatic heterocycles. The van der Waals surface area contributed by atoms with E-state index < -0.39 is 16.5 Å². The van der Waals surface area contributed by atoms with Crippen molar-refractivity contribution >= 4 is 16.2 Å². The molecule has 0 amide bonds. The molecule has 0 spiro atoms. The van der Waals surface area contributed by atoms with Crippen LogP contribution in [0.25, 0.3) is 0 Å². The van der Waals surface area contributed by atoms with E-state index in [4.69, 9.17) is 8.74 Å². The molecule has 0 bridgehead atoms. The third-order valence-corrected chi connectivity index (χ3v) is 7.41. The highest BCUT2D eigenvalue weighted by molar-refractivity contribution is 7.80. The van der Waals surface area contributed by atoms with E-state index in [0.29, 0.717) is 30.0 Å². The molecule has 2 fully saturated rings. The first-order valence-electron chi connectivity index (χ1n) is 8.87. The summed E-state index contributed by atoms with van der Waals surface area (Å²) in [6.45, 7) is 2.17. The SMILES string of the molecule is C[C@]12CC[C@@H]3C4=C(CC[C@H]3[C@@H]1CCC2=O)CC(OS(=O)(=O)O)C=C4. The van der Waals surface area contributed by atoms with Gasteiger partial charge in [0.2, 0.25) is 0 Å². The van der Waals surface area contributed by atoms with E-state index >= 15 is 0 Å². The average molecular weight is 352 g/mol. The quantitative estimate of drug-likeness (QED) is 0.772. The minimum Gasteiger partial charge on any atom is -0.299 e. The van der Waals surface area contributed by atoms with E-state index in [1.165, 1.54) is 11.1 Å². The lowest BCUT2D eigenvalue weighted by molar-refractivity contribution is -0.129. The first-order valence-corrected chi connectivity index (χ1v) is 10.2. The van der Waals surface area contributed by atoms with Crippen molar-refractivity contribution in [2.75, 3.05) is 0 Å². The number of hydrogen-bond donors (Lipinski definition) is 1. The number of Topliss-reactive ketones (excluding diaryl/α,β-unsaturated/α-hetero) is 1. The Hall–Kier alpha value is -0.980. The Bertz CT molecular complexity index is 735. The maximum atomic E-state index is 12.3. The van der Waals surface area contributed by atoms with Gasteiger partial charge in [0.1, 0.15) is 11.9 Å². The second-order valence-corrected chi connectivity index (χ2v) is 9.07. The smallest absolute Gasteiger partial charge is 0.299 e. The molecule has 0 aromatic carbocycles. The van der Waals surface area contributed by atoms with Crippen LogP contribution in [0.3, 0.4) is 0 Å². The van der Waals surface area contributed by atoms with E-state index in [1.807, 2.05) is 6.08 Å². The molecule has 0 radical (unpaired) electrons. The summed E-state index contributed by atoms with van der Waals surface area (Å²) in [5.74, 6) is 2.00. The lowest BCUT2D eigenvalue weighted by Crippen LogP contribution is -2.43. The van der Waals surface area contributed by atoms with Gasteiger partial charge in [-0.15, -0.1) is 0 Å². The number of carbonyl (C=O) groups excluding carboxylic acids is 1. The van der Waals surface area contributed by atoms with Crippen molar-refractivity contribution in [2.24, 2.45) is 23.2 Å². The third-order valence-electron chi connectivity index (χ3n) is 6.92. The molecular formula is C18H24O5S. The maximum Gasteiger partial charge on any atom is 0.397 e. The molecule has 1 N–H and O–H groups in total. The van der Waals surface area contributed by atoms with Gasteiger partial charge in [-0.2, -0.15) is 8.42 Å². The van der Waals surface area contributed by atoms with Gasteiger partial charge in [0, 0.05) is 18.3 Å². The van der Waals surface area contributed by atoms with Crippen LogP contribution in [0, 0.1) is 23.2 Å². The zero-order valence-electron chi connectivity index (χ0n) is 13.9. The molecule has 6 heteroatoms. The molecular weight excluding hydrogens is 328 g/mol. The first-order chi connectivity index (χ1) is 11.3. The van der Waals surface area contributed by atoms with Gasteiger partial charge in [-0.25, -0.2) is 4.18 Å².